The van der Waals surface area contributed by atoms with Crippen LogP contribution in [0.5, 0.6) is 0 Å². The number of benzene rings is 1. The molecule has 3 heterocycles. The van der Waals surface area contributed by atoms with E-state index in [1.54, 1.807) is 36.7 Å². The van der Waals surface area contributed by atoms with E-state index in [1.165, 1.54) is 4.68 Å². The minimum Gasteiger partial charge on any atom is -0.289 e. The quantitative estimate of drug-likeness (QED) is 0.563. The molecule has 0 atom stereocenters. The monoisotopic (exact) mass is 285 g/mol. The van der Waals surface area contributed by atoms with Crippen LogP contribution in [0, 0.1) is 0 Å². The van der Waals surface area contributed by atoms with Crippen LogP contribution in [0.1, 0.15) is 0 Å². The third-order valence-corrected chi connectivity index (χ3v) is 3.47. The van der Waals surface area contributed by atoms with Gasteiger partial charge < -0.3 is 0 Å². The zero-order chi connectivity index (χ0) is 13.7. The van der Waals surface area contributed by atoms with E-state index in [0.717, 1.165) is 5.39 Å². The van der Waals surface area contributed by atoms with Gasteiger partial charge in [0, 0.05) is 11.2 Å². The lowest BCUT2D eigenvalue weighted by atomic mass is 10.2. The summed E-state index contributed by atoms with van der Waals surface area (Å²) in [5, 5.41) is 11.7. The molecule has 0 aliphatic rings. The van der Waals surface area contributed by atoms with Gasteiger partial charge in [-0.25, -0.2) is 9.67 Å². The van der Waals surface area contributed by atoms with Crippen molar-refractivity contribution in [3.05, 3.63) is 52.0 Å². The second kappa shape index (κ2) is 3.94. The van der Waals surface area contributed by atoms with Gasteiger partial charge in [0.2, 0.25) is 0 Å². The largest absolute Gasteiger partial charge is 0.289 e. The van der Waals surface area contributed by atoms with Gasteiger partial charge in [0.05, 0.1) is 28.2 Å². The first-order valence-corrected chi connectivity index (χ1v) is 6.30. The molecule has 7 heteroatoms. The van der Waals surface area contributed by atoms with Crippen LogP contribution in [-0.4, -0.2) is 25.0 Å². The molecule has 0 fully saturated rings. The SMILES string of the molecule is O=c1c2cnc3[nH]ncc3c2[nH]n1-c1ccc(Cl)cc1. The van der Waals surface area contributed by atoms with Crippen LogP contribution < -0.4 is 5.56 Å². The molecule has 6 nitrogen and oxygen atoms in total. The smallest absolute Gasteiger partial charge is 0.280 e. The zero-order valence-corrected chi connectivity index (χ0v) is 10.8. The van der Waals surface area contributed by atoms with Crippen molar-refractivity contribution in [1.82, 2.24) is 25.0 Å². The number of pyridine rings is 1. The van der Waals surface area contributed by atoms with E-state index in [2.05, 4.69) is 20.3 Å². The normalized spacial score (nSPS) is 11.4. The summed E-state index contributed by atoms with van der Waals surface area (Å²) in [5.41, 5.74) is 1.91. The predicted molar refractivity (Wildman–Crippen MR) is 76.4 cm³/mol. The molecule has 1 aromatic carbocycles. The van der Waals surface area contributed by atoms with Gasteiger partial charge in [0.25, 0.3) is 5.56 Å². The van der Waals surface area contributed by atoms with Crippen LogP contribution in [0.3, 0.4) is 0 Å². The Labute approximate surface area is 117 Å². The third kappa shape index (κ3) is 1.48. The fourth-order valence-electron chi connectivity index (χ4n) is 2.24. The van der Waals surface area contributed by atoms with Gasteiger partial charge in [-0.3, -0.25) is 15.0 Å². The molecule has 20 heavy (non-hydrogen) atoms. The highest BCUT2D eigenvalue weighted by Crippen LogP contribution is 2.19. The van der Waals surface area contributed by atoms with Crippen LogP contribution in [0.25, 0.3) is 27.6 Å². The molecule has 4 rings (SSSR count). The molecular weight excluding hydrogens is 278 g/mol. The van der Waals surface area contributed by atoms with E-state index in [0.29, 0.717) is 27.3 Å². The van der Waals surface area contributed by atoms with Gasteiger partial charge in [-0.15, -0.1) is 0 Å². The van der Waals surface area contributed by atoms with E-state index in [9.17, 15) is 4.79 Å². The molecule has 0 unspecified atom stereocenters. The summed E-state index contributed by atoms with van der Waals surface area (Å²) in [4.78, 5) is 16.6. The minimum absolute atomic E-state index is 0.155. The van der Waals surface area contributed by atoms with Crippen LogP contribution in [0.15, 0.2) is 41.5 Å². The Balaban J connectivity index is 2.07. The zero-order valence-electron chi connectivity index (χ0n) is 10.1. The third-order valence-electron chi connectivity index (χ3n) is 3.22. The summed E-state index contributed by atoms with van der Waals surface area (Å²) in [6, 6.07) is 7.03. The van der Waals surface area contributed by atoms with Gasteiger partial charge in [0.15, 0.2) is 5.65 Å². The molecular formula is C13H8ClN5O. The number of hydrogen-bond donors (Lipinski definition) is 2. The van der Waals surface area contributed by atoms with Gasteiger partial charge in [-0.05, 0) is 24.3 Å². The van der Waals surface area contributed by atoms with Gasteiger partial charge in [-0.1, -0.05) is 11.6 Å². The first kappa shape index (κ1) is 11.2. The Bertz CT molecular complexity index is 980. The number of aromatic nitrogens is 5. The van der Waals surface area contributed by atoms with Crippen molar-refractivity contribution >= 4 is 33.5 Å². The number of H-pyrrole nitrogens is 2. The molecule has 0 aliphatic heterocycles. The molecule has 3 aromatic heterocycles. The van der Waals surface area contributed by atoms with Crippen LogP contribution in [0.4, 0.5) is 0 Å². The predicted octanol–water partition coefficient (Wildman–Crippen LogP) is 2.24. The number of nitrogens with zero attached hydrogens (tertiary/aromatic N) is 3. The fraction of sp³-hybridized carbons (Fsp3) is 0. The van der Waals surface area contributed by atoms with Gasteiger partial charge in [-0.2, -0.15) is 5.10 Å². The Morgan fingerprint density at radius 2 is 1.90 bits per heavy atom. The molecule has 0 radical (unpaired) electrons. The second-order valence-electron chi connectivity index (χ2n) is 4.41. The Kier molecular flexibility index (Phi) is 2.22. The number of hydrogen-bond acceptors (Lipinski definition) is 3. The minimum atomic E-state index is -0.155. The summed E-state index contributed by atoms with van der Waals surface area (Å²) in [5.74, 6) is 0. The van der Waals surface area contributed by atoms with Crippen molar-refractivity contribution in [2.45, 2.75) is 0 Å². The van der Waals surface area contributed by atoms with Crippen molar-refractivity contribution in [3.63, 3.8) is 0 Å². The molecule has 0 bridgehead atoms. The van der Waals surface area contributed by atoms with Crippen molar-refractivity contribution in [2.75, 3.05) is 0 Å². The average molecular weight is 286 g/mol. The first-order valence-electron chi connectivity index (χ1n) is 5.93. The summed E-state index contributed by atoms with van der Waals surface area (Å²) in [6.07, 6.45) is 3.19. The molecule has 0 aliphatic carbocycles. The van der Waals surface area contributed by atoms with E-state index >= 15 is 0 Å². The number of nitrogens with one attached hydrogen (secondary N) is 2. The summed E-state index contributed by atoms with van der Waals surface area (Å²) in [6.45, 7) is 0. The van der Waals surface area contributed by atoms with Gasteiger partial charge in [0.1, 0.15) is 0 Å². The highest BCUT2D eigenvalue weighted by molar-refractivity contribution is 6.30. The fourth-order valence-corrected chi connectivity index (χ4v) is 2.36. The topological polar surface area (TPSA) is 79.4 Å². The summed E-state index contributed by atoms with van der Waals surface area (Å²) >= 11 is 5.86. The maximum atomic E-state index is 12.4. The molecule has 0 saturated heterocycles. The molecule has 0 saturated carbocycles. The van der Waals surface area contributed by atoms with Crippen molar-refractivity contribution in [2.24, 2.45) is 0 Å². The molecule has 98 valence electrons. The van der Waals surface area contributed by atoms with Crippen molar-refractivity contribution in [1.29, 1.82) is 0 Å². The lowest BCUT2D eigenvalue weighted by Gasteiger charge is -2.00. The van der Waals surface area contributed by atoms with E-state index < -0.39 is 0 Å². The molecule has 0 amide bonds. The maximum Gasteiger partial charge on any atom is 0.280 e. The van der Waals surface area contributed by atoms with Crippen LogP contribution >= 0.6 is 11.6 Å². The van der Waals surface area contributed by atoms with Crippen molar-refractivity contribution < 1.29 is 0 Å². The maximum absolute atomic E-state index is 12.4. The molecule has 0 spiro atoms. The Morgan fingerprint density at radius 3 is 2.70 bits per heavy atom. The van der Waals surface area contributed by atoms with E-state index in [1.807, 2.05) is 0 Å². The number of fused-ring (bicyclic) bond motifs is 3. The molecule has 4 aromatic rings. The van der Waals surface area contributed by atoms with Crippen LogP contribution in [0.2, 0.25) is 5.02 Å². The summed E-state index contributed by atoms with van der Waals surface area (Å²) in [7, 11) is 0. The standard InChI is InChI=1S/C13H8ClN5O/c14-7-1-3-8(4-2-7)19-13(20)10-5-15-12-9(6-16-17-12)11(10)18-19/h1-6,18H,(H,15,16,17). The van der Waals surface area contributed by atoms with Crippen molar-refractivity contribution in [3.8, 4) is 5.69 Å². The van der Waals surface area contributed by atoms with Gasteiger partial charge >= 0.3 is 0 Å². The lowest BCUT2D eigenvalue weighted by molar-refractivity contribution is 0.864. The lowest BCUT2D eigenvalue weighted by Crippen LogP contribution is -2.13. The first-order chi connectivity index (χ1) is 9.74. The Morgan fingerprint density at radius 1 is 1.10 bits per heavy atom. The second-order valence-corrected chi connectivity index (χ2v) is 4.84. The number of halogens is 1. The Hall–Kier alpha value is -2.60. The average Bonchev–Trinajstić information content (AvgIpc) is 3.04. The molecule has 2 N–H and O–H groups in total. The van der Waals surface area contributed by atoms with E-state index in [-0.39, 0.29) is 5.56 Å². The highest BCUT2D eigenvalue weighted by Gasteiger charge is 2.12. The van der Waals surface area contributed by atoms with Crippen LogP contribution in [-0.2, 0) is 0 Å². The number of aromatic amines is 2. The van der Waals surface area contributed by atoms with E-state index in [4.69, 9.17) is 11.6 Å². The highest BCUT2D eigenvalue weighted by atomic mass is 35.5. The summed E-state index contributed by atoms with van der Waals surface area (Å²) < 4.78 is 1.47. The number of rotatable bonds is 1.